The number of nitrogens with one attached hydrogen (secondary N) is 10. The molecule has 133 heavy (non-hydrogen) atoms. The molecule has 0 radical (unpaired) electrons. The van der Waals surface area contributed by atoms with Gasteiger partial charge >= 0.3 is 5.97 Å². The summed E-state index contributed by atoms with van der Waals surface area (Å²) >= 11 is 1.48. The lowest BCUT2D eigenvalue weighted by Crippen LogP contribution is -2.61. The van der Waals surface area contributed by atoms with Crippen LogP contribution in [0.5, 0.6) is 17.2 Å². The Hall–Kier alpha value is -10.9. The number of guanidine groups is 1. The van der Waals surface area contributed by atoms with Crippen LogP contribution in [-0.4, -0.2) is 347 Å². The summed E-state index contributed by atoms with van der Waals surface area (Å²) < 4.78 is 55.9. The number of likely N-dealkylation sites (tertiary alicyclic amines) is 3. The van der Waals surface area contributed by atoms with Crippen LogP contribution in [-0.2, 0) is 116 Å². The summed E-state index contributed by atoms with van der Waals surface area (Å²) in [6, 6.07) is 0.913. The molecule has 0 saturated carbocycles. The Balaban J connectivity index is 0.674. The molecule has 10 atom stereocenters. The van der Waals surface area contributed by atoms with E-state index < -0.39 is 101 Å². The third kappa shape index (κ3) is 40.1. The summed E-state index contributed by atoms with van der Waals surface area (Å²) in [7, 11) is 3.06. The number of carboxylic acid groups (broad SMARTS) is 1. The topological polar surface area (TPSA) is 565 Å². The average molecular weight is 1890 g/mol. The number of carboxylic acids is 1. The number of benzene rings is 2. The molecular formula is C90H138N18O24S. The number of carbonyl (C=O) groups is 12. The number of thioether (sulfide) groups is 1. The number of hydrogen-bond donors (Lipinski definition) is 14. The van der Waals surface area contributed by atoms with Crippen molar-refractivity contribution >= 4 is 88.7 Å². The van der Waals surface area contributed by atoms with Gasteiger partial charge in [-0.25, -0.2) is 14.8 Å². The van der Waals surface area contributed by atoms with Crippen molar-refractivity contribution in [2.24, 2.45) is 22.4 Å². The Kier molecular flexibility index (Phi) is 50.7. The molecule has 0 bridgehead atoms. The predicted octanol–water partition coefficient (Wildman–Crippen LogP) is 1.06. The maximum atomic E-state index is 14.9. The number of aromatic nitrogens is 4. The van der Waals surface area contributed by atoms with E-state index in [9.17, 15) is 67.7 Å². The number of aryl methyl sites for hydroxylation is 1. The number of nitrogens with two attached hydrogens (primary N) is 2. The predicted molar refractivity (Wildman–Crippen MR) is 491 cm³/mol. The molecule has 0 aliphatic carbocycles. The number of unbranched alkanes of at least 4 members (excludes halogenated alkanes) is 2. The number of phenols is 1. The van der Waals surface area contributed by atoms with Gasteiger partial charge in [0.05, 0.1) is 143 Å². The van der Waals surface area contributed by atoms with E-state index in [1.165, 1.54) is 72.8 Å². The molecule has 5 heterocycles. The minimum absolute atomic E-state index is 0.00543. The Bertz CT molecular complexity index is 4270. The Morgan fingerprint density at radius 1 is 0.632 bits per heavy atom. The molecule has 4 aromatic rings. The molecule has 16 N–H and O–H groups in total. The number of aromatic hydroxyl groups is 1. The highest BCUT2D eigenvalue weighted by Crippen LogP contribution is 2.35. The summed E-state index contributed by atoms with van der Waals surface area (Å²) in [5.41, 5.74) is 13.8. The Morgan fingerprint density at radius 2 is 1.23 bits per heavy atom. The molecule has 42 nitrogen and oxygen atoms in total. The number of amides is 11. The number of ether oxygens (including phenoxy) is 10. The number of carbonyl (C=O) groups excluding carboxylic acids is 11. The highest BCUT2D eigenvalue weighted by atomic mass is 32.2. The van der Waals surface area contributed by atoms with Gasteiger partial charge in [0.1, 0.15) is 48.0 Å². The lowest BCUT2D eigenvalue weighted by molar-refractivity contribution is -0.143. The largest absolute Gasteiger partial charge is 0.508 e. The lowest BCUT2D eigenvalue weighted by Gasteiger charge is -2.32. The fourth-order valence-electron chi connectivity index (χ4n) is 15.0. The van der Waals surface area contributed by atoms with Crippen molar-refractivity contribution in [2.75, 3.05) is 171 Å². The number of phenolic OH excluding ortho intramolecular Hbond substituents is 1. The molecule has 2 aromatic heterocycles. The van der Waals surface area contributed by atoms with Crippen molar-refractivity contribution in [3.8, 4) is 17.2 Å². The maximum Gasteiger partial charge on any atom is 0.326 e. The van der Waals surface area contributed by atoms with E-state index in [1.54, 1.807) is 33.1 Å². The van der Waals surface area contributed by atoms with Gasteiger partial charge in [0.2, 0.25) is 59.1 Å². The van der Waals surface area contributed by atoms with E-state index in [1.807, 2.05) is 18.2 Å². The third-order valence-corrected chi connectivity index (χ3v) is 23.7. The number of aliphatic carboxylic acids is 1. The first kappa shape index (κ1) is 109. The van der Waals surface area contributed by atoms with Crippen molar-refractivity contribution in [2.45, 2.75) is 190 Å². The van der Waals surface area contributed by atoms with Crippen molar-refractivity contribution in [3.63, 3.8) is 0 Å². The first-order chi connectivity index (χ1) is 64.3. The van der Waals surface area contributed by atoms with Gasteiger partial charge in [0, 0.05) is 108 Å². The molecule has 3 fully saturated rings. The summed E-state index contributed by atoms with van der Waals surface area (Å²) in [5, 5.41) is 41.8. The van der Waals surface area contributed by atoms with Crippen LogP contribution in [0.4, 0.5) is 0 Å². The minimum atomic E-state index is -1.41. The number of imide groups is 1. The quantitative estimate of drug-likeness (QED) is 0.00966. The van der Waals surface area contributed by atoms with E-state index in [4.69, 9.17) is 58.8 Å². The van der Waals surface area contributed by atoms with Gasteiger partial charge in [-0.1, -0.05) is 44.9 Å². The second-order valence-electron chi connectivity index (χ2n) is 32.3. The number of aromatic amines is 2. The molecule has 3 saturated heterocycles. The second-order valence-corrected chi connectivity index (χ2v) is 33.7. The van der Waals surface area contributed by atoms with Crippen LogP contribution in [0.15, 0.2) is 79.1 Å². The third-order valence-electron chi connectivity index (χ3n) is 22.4. The molecule has 0 spiro atoms. The summed E-state index contributed by atoms with van der Waals surface area (Å²) in [5.74, 6) is -6.33. The van der Waals surface area contributed by atoms with Crippen LogP contribution in [0.1, 0.15) is 144 Å². The van der Waals surface area contributed by atoms with Crippen molar-refractivity contribution in [1.29, 1.82) is 0 Å². The van der Waals surface area contributed by atoms with E-state index in [0.29, 0.717) is 184 Å². The highest BCUT2D eigenvalue weighted by molar-refractivity contribution is 8.00. The monoisotopic (exact) mass is 1890 g/mol. The molecule has 738 valence electrons. The van der Waals surface area contributed by atoms with Crippen LogP contribution in [0.3, 0.4) is 0 Å². The Labute approximate surface area is 780 Å². The average Bonchev–Trinajstić information content (AvgIpc) is 1.61. The van der Waals surface area contributed by atoms with Gasteiger partial charge in [0.15, 0.2) is 17.5 Å². The van der Waals surface area contributed by atoms with Crippen LogP contribution >= 0.6 is 11.8 Å². The number of nitrogens with zero attached hydrogens (tertiary/aromatic N) is 6. The minimum Gasteiger partial charge on any atom is -0.508 e. The number of hydrogen-bond acceptors (Lipinski definition) is 28. The van der Waals surface area contributed by atoms with Gasteiger partial charge in [-0.2, -0.15) is 0 Å². The van der Waals surface area contributed by atoms with E-state index in [0.717, 1.165) is 37.9 Å². The lowest BCUT2D eigenvalue weighted by atomic mass is 9.96. The zero-order valence-corrected chi connectivity index (χ0v) is 78.0. The number of rotatable bonds is 70. The van der Waals surface area contributed by atoms with Crippen LogP contribution in [0.25, 0.3) is 0 Å². The van der Waals surface area contributed by atoms with Gasteiger partial charge in [-0.3, -0.25) is 67.5 Å². The molecular weight excluding hydrogens is 1750 g/mol. The number of methoxy groups -OCH3 is 2. The normalized spacial score (nSPS) is 16.5. The van der Waals surface area contributed by atoms with Gasteiger partial charge in [-0.15, -0.1) is 18.3 Å². The molecule has 11 amide bonds. The molecule has 1 unspecified atom stereocenters. The fourth-order valence-corrected chi connectivity index (χ4v) is 16.1. The first-order valence-corrected chi connectivity index (χ1v) is 46.7. The van der Waals surface area contributed by atoms with E-state index in [2.05, 4.69) is 78.9 Å². The number of imidazole rings is 2. The second kappa shape index (κ2) is 61.8. The zero-order chi connectivity index (χ0) is 96.1. The standard InChI is InChI=1S/C90H138N18O24S/c1-7-28-106-29-13-17-66(106)57-97-82(114)68-49-63(51-74(123-5)80(68)124-6)16-15-48-133-75-54-78(112)108(88(75)120)30-11-9-10-20-76(110)95-27-33-126-35-37-128-39-41-130-43-45-132-47-46-131-44-42-129-40-38-127-36-34-125-32-25-77(111)101-70(52-64-55-93-58-98-64)84(116)100-61(4)81(113)105-79(60(3)8-2)86(118)103-71(50-62-21-23-67(109)24-22-62)87(119)107-31-14-19-73(107)85(117)102-69(18-12-26-96-90(91)92)83(115)104-72(89(121)122)53-65-56-94-59-99-65/h7,21-24,49,51,55-56,58-61,66,69-73,75,79,109H,1,8-20,25-48,50,52-54,57H2,2-6H3,(H,93,98)(H,94,99)(H,95,110)(H,97,114)(H,100,116)(H,101,111)(H,102,117)(H,103,118)(H,104,115)(H,105,113)(H,121,122)(H4,91,92,96)/t60-,61-,66-,69-,70-,71-,72-,73-,75?,79-/m0/s1. The number of aliphatic imine (C=N–C) groups is 1. The summed E-state index contributed by atoms with van der Waals surface area (Å²) in [4.78, 5) is 186. The van der Waals surface area contributed by atoms with Crippen LogP contribution < -0.4 is 63.5 Å². The van der Waals surface area contributed by atoms with Gasteiger partial charge < -0.3 is 126 Å². The smallest absolute Gasteiger partial charge is 0.326 e. The summed E-state index contributed by atoms with van der Waals surface area (Å²) in [6.45, 7) is 16.8. The first-order valence-electron chi connectivity index (χ1n) is 45.7. The molecule has 3 aliphatic heterocycles. The van der Waals surface area contributed by atoms with Crippen molar-refractivity contribution in [1.82, 2.24) is 77.2 Å². The summed E-state index contributed by atoms with van der Waals surface area (Å²) in [6.07, 6.45) is 14.0. The molecule has 3 aliphatic rings. The molecule has 7 rings (SSSR count). The SMILES string of the molecule is C=CCN1CCC[C@H]1CNC(=O)c1cc(CCCSC2CC(=O)N(CCCCCC(=O)NCCOCCOCCOCCOCCOCCOCCOCCOCCC(=O)N[C@@H](Cc3cnc[nH]3)C(=O)N[C@@H](C)C(=O)N[C@H](C(=O)N[C@@H](Cc3ccc(O)cc3)C(=O)N3CCC[C@H]3C(=O)N[C@@H](CCCN=C(N)N)C(=O)N[C@@H](Cc3cnc[nH]3)C(=O)O)[C@@H](C)CC)C2=O)cc(OC)c1OC. The van der Waals surface area contributed by atoms with E-state index >= 15 is 0 Å². The van der Waals surface area contributed by atoms with Crippen LogP contribution in [0, 0.1) is 5.92 Å². The van der Waals surface area contributed by atoms with Gasteiger partial charge in [0.25, 0.3) is 5.91 Å². The number of H-pyrrole nitrogens is 2. The molecule has 43 heteroatoms. The van der Waals surface area contributed by atoms with E-state index in [-0.39, 0.29) is 132 Å². The maximum absolute atomic E-state index is 14.9. The van der Waals surface area contributed by atoms with Gasteiger partial charge in [-0.05, 0) is 125 Å². The zero-order valence-electron chi connectivity index (χ0n) is 77.2. The van der Waals surface area contributed by atoms with Crippen molar-refractivity contribution < 1.29 is 115 Å². The van der Waals surface area contributed by atoms with Crippen molar-refractivity contribution in [3.05, 3.63) is 102 Å². The Morgan fingerprint density at radius 3 is 1.82 bits per heavy atom. The fraction of sp³-hybridized carbons (Fsp3) is 0.633. The molecule has 2 aromatic carbocycles. The van der Waals surface area contributed by atoms with Crippen LogP contribution in [0.2, 0.25) is 0 Å². The highest BCUT2D eigenvalue weighted by Gasteiger charge is 2.42.